The van der Waals surface area contributed by atoms with Crippen LogP contribution >= 0.6 is 0 Å². The molecule has 0 aromatic heterocycles. The molecule has 264 valence electrons. The highest BCUT2D eigenvalue weighted by Gasteiger charge is 2.30. The van der Waals surface area contributed by atoms with E-state index in [1.165, 1.54) is 18.2 Å². The van der Waals surface area contributed by atoms with E-state index >= 15 is 0 Å². The molecule has 0 heterocycles. The molecular weight excluding hydrogens is 635 g/mol. The van der Waals surface area contributed by atoms with E-state index in [1.54, 1.807) is 30.3 Å². The molecule has 11 nitrogen and oxygen atoms in total. The van der Waals surface area contributed by atoms with Crippen molar-refractivity contribution in [2.24, 2.45) is 0 Å². The lowest BCUT2D eigenvalue weighted by atomic mass is 10.1. The summed E-state index contributed by atoms with van der Waals surface area (Å²) in [5.41, 5.74) is 1.52. The molecule has 2 amide bonds. The van der Waals surface area contributed by atoms with Crippen LogP contribution in [0.4, 0.5) is 29.3 Å². The number of aliphatic carboxylic acids is 1. The molecule has 0 spiro atoms. The van der Waals surface area contributed by atoms with Crippen molar-refractivity contribution < 1.29 is 52.7 Å². The van der Waals surface area contributed by atoms with E-state index in [2.05, 4.69) is 16.0 Å². The minimum absolute atomic E-state index is 0.0108. The van der Waals surface area contributed by atoms with Crippen LogP contribution in [0.25, 0.3) is 0 Å². The summed E-state index contributed by atoms with van der Waals surface area (Å²) in [7, 11) is 0. The van der Waals surface area contributed by atoms with E-state index in [0.29, 0.717) is 49.8 Å². The first-order valence-corrected chi connectivity index (χ1v) is 15.4. The van der Waals surface area contributed by atoms with Crippen molar-refractivity contribution in [2.45, 2.75) is 58.1 Å². The van der Waals surface area contributed by atoms with Gasteiger partial charge in [-0.25, -0.2) is 4.79 Å². The molecule has 48 heavy (non-hydrogen) atoms. The van der Waals surface area contributed by atoms with Crippen molar-refractivity contribution in [3.8, 4) is 5.75 Å². The zero-order valence-electron chi connectivity index (χ0n) is 26.8. The first-order valence-electron chi connectivity index (χ1n) is 15.4. The number of carboxylic acids is 1. The van der Waals surface area contributed by atoms with Crippen LogP contribution in [0.5, 0.6) is 5.75 Å². The number of nitrogens with one attached hydrogen (secondary N) is 3. The average Bonchev–Trinajstić information content (AvgIpc) is 3.03. The van der Waals surface area contributed by atoms with Crippen molar-refractivity contribution >= 4 is 23.4 Å². The van der Waals surface area contributed by atoms with Crippen LogP contribution in [0.1, 0.15) is 61.0 Å². The predicted molar refractivity (Wildman–Crippen MR) is 175 cm³/mol. The van der Waals surface area contributed by atoms with Crippen LogP contribution in [-0.4, -0.2) is 65.3 Å². The molecule has 0 saturated carbocycles. The Balaban J connectivity index is 0.00000189. The number of carboxylic acid groups (broad SMARTS) is 1. The topological polar surface area (TPSA) is 170 Å². The number of aliphatic hydroxyl groups excluding tert-OH is 2. The number of phenols is 1. The SMILES string of the molecule is CC(=O)O.O=C(Nc1cccc(COCCOCCCCCCNC[C@H](O)c2ccc(O)c(CO)c2)c1)Nc1cccc(C(F)(F)F)c1. The second-order valence-corrected chi connectivity index (χ2v) is 10.7. The van der Waals surface area contributed by atoms with Gasteiger partial charge in [0, 0.05) is 37.0 Å². The van der Waals surface area contributed by atoms with Crippen molar-refractivity contribution in [3.63, 3.8) is 0 Å². The van der Waals surface area contributed by atoms with Gasteiger partial charge in [-0.05, 0) is 73.0 Å². The summed E-state index contributed by atoms with van der Waals surface area (Å²) in [6.45, 7) is 3.75. The highest BCUT2D eigenvalue weighted by molar-refractivity contribution is 5.99. The van der Waals surface area contributed by atoms with Crippen LogP contribution in [-0.2, 0) is 33.7 Å². The van der Waals surface area contributed by atoms with E-state index in [4.69, 9.17) is 19.4 Å². The van der Waals surface area contributed by atoms with Crippen LogP contribution in [0.3, 0.4) is 0 Å². The van der Waals surface area contributed by atoms with Gasteiger partial charge in [0.1, 0.15) is 5.75 Å². The summed E-state index contributed by atoms with van der Waals surface area (Å²) in [5.74, 6) is -0.823. The van der Waals surface area contributed by atoms with E-state index < -0.39 is 29.8 Å². The molecule has 0 radical (unpaired) electrons. The van der Waals surface area contributed by atoms with Gasteiger partial charge in [-0.2, -0.15) is 13.2 Å². The second-order valence-electron chi connectivity index (χ2n) is 10.7. The average molecular weight is 680 g/mol. The number of hydrogen-bond donors (Lipinski definition) is 7. The number of hydrogen-bond acceptors (Lipinski definition) is 8. The molecule has 0 saturated heterocycles. The standard InChI is InChI=1S/C32H40F3N3O6.C2H4O2/c33-32(34,35)26-8-6-10-28(19-26)38-31(42)37-27-9-5-7-23(17-27)22-44-16-15-43-14-4-2-1-3-13-36-20-30(41)24-11-12-29(40)25(18-24)21-39;1-2(3)4/h5-12,17-19,30,36,39-41H,1-4,13-16,20-22H2,(H2,37,38,42);1H3,(H,3,4)/t30-;/m0./s1. The number of unbranched alkanes of at least 4 members (excludes halogenated alkanes) is 3. The summed E-state index contributed by atoms with van der Waals surface area (Å²) in [5, 5.41) is 44.8. The van der Waals surface area contributed by atoms with Gasteiger partial charge in [0.05, 0.1) is 38.1 Å². The van der Waals surface area contributed by atoms with E-state index in [1.807, 2.05) is 6.07 Å². The molecular formula is C34H44F3N3O8. The number of anilines is 2. The number of amides is 2. The summed E-state index contributed by atoms with van der Waals surface area (Å²) < 4.78 is 49.9. The third-order valence-corrected chi connectivity index (χ3v) is 6.66. The zero-order chi connectivity index (χ0) is 35.4. The maximum Gasteiger partial charge on any atom is 0.416 e. The third kappa shape index (κ3) is 16.6. The molecule has 0 unspecified atom stereocenters. The largest absolute Gasteiger partial charge is 0.508 e. The Bertz CT molecular complexity index is 1400. The number of urea groups is 1. The van der Waals surface area contributed by atoms with E-state index in [9.17, 15) is 33.3 Å². The lowest BCUT2D eigenvalue weighted by Gasteiger charge is -2.14. The third-order valence-electron chi connectivity index (χ3n) is 6.66. The summed E-state index contributed by atoms with van der Waals surface area (Å²) in [6, 6.07) is 15.5. The second kappa shape index (κ2) is 21.6. The minimum Gasteiger partial charge on any atom is -0.508 e. The van der Waals surface area contributed by atoms with Crippen LogP contribution in [0, 0.1) is 0 Å². The van der Waals surface area contributed by atoms with Crippen molar-refractivity contribution in [1.29, 1.82) is 0 Å². The number of halogens is 3. The number of carbonyl (C=O) groups excluding carboxylic acids is 1. The molecule has 14 heteroatoms. The Kier molecular flexibility index (Phi) is 18.0. The van der Waals surface area contributed by atoms with Gasteiger partial charge in [0.15, 0.2) is 0 Å². The van der Waals surface area contributed by atoms with Gasteiger partial charge in [-0.15, -0.1) is 0 Å². The fraction of sp³-hybridized carbons (Fsp3) is 0.412. The lowest BCUT2D eigenvalue weighted by molar-refractivity contribution is -0.137. The number of benzene rings is 3. The smallest absolute Gasteiger partial charge is 0.416 e. The van der Waals surface area contributed by atoms with Crippen molar-refractivity contribution in [2.75, 3.05) is 43.5 Å². The zero-order valence-corrected chi connectivity index (χ0v) is 26.8. The molecule has 0 aliphatic rings. The summed E-state index contributed by atoms with van der Waals surface area (Å²) in [4.78, 5) is 21.3. The Morgan fingerprint density at radius 2 is 1.50 bits per heavy atom. The number of rotatable bonds is 18. The number of aromatic hydroxyl groups is 1. The quantitative estimate of drug-likeness (QED) is 0.0791. The Hall–Kier alpha value is -4.21. The van der Waals surface area contributed by atoms with Gasteiger partial charge in [-0.3, -0.25) is 4.79 Å². The van der Waals surface area contributed by atoms with Gasteiger partial charge >= 0.3 is 12.2 Å². The molecule has 0 bridgehead atoms. The Morgan fingerprint density at radius 1 is 0.854 bits per heavy atom. The Morgan fingerprint density at radius 3 is 2.19 bits per heavy atom. The predicted octanol–water partition coefficient (Wildman–Crippen LogP) is 6.06. The van der Waals surface area contributed by atoms with Crippen molar-refractivity contribution in [1.82, 2.24) is 5.32 Å². The molecule has 3 aromatic carbocycles. The normalized spacial score (nSPS) is 11.7. The highest BCUT2D eigenvalue weighted by Crippen LogP contribution is 2.30. The van der Waals surface area contributed by atoms with Gasteiger partial charge in [0.2, 0.25) is 0 Å². The maximum atomic E-state index is 12.9. The van der Waals surface area contributed by atoms with Crippen molar-refractivity contribution in [3.05, 3.63) is 89.0 Å². The fourth-order valence-electron chi connectivity index (χ4n) is 4.32. The Labute approximate surface area is 277 Å². The van der Waals surface area contributed by atoms with Crippen LogP contribution < -0.4 is 16.0 Å². The first kappa shape index (κ1) is 40.0. The summed E-state index contributed by atoms with van der Waals surface area (Å²) >= 11 is 0. The number of aliphatic hydroxyl groups is 2. The molecule has 7 N–H and O–H groups in total. The summed E-state index contributed by atoms with van der Waals surface area (Å²) in [6.07, 6.45) is -1.28. The van der Waals surface area contributed by atoms with Gasteiger partial charge in [0.25, 0.3) is 5.97 Å². The van der Waals surface area contributed by atoms with Crippen LogP contribution in [0.2, 0.25) is 0 Å². The van der Waals surface area contributed by atoms with E-state index in [0.717, 1.165) is 56.8 Å². The first-order chi connectivity index (χ1) is 22.9. The molecule has 0 aliphatic heterocycles. The maximum absolute atomic E-state index is 12.9. The lowest BCUT2D eigenvalue weighted by Crippen LogP contribution is -2.22. The van der Waals surface area contributed by atoms with Gasteiger partial charge in [-0.1, -0.05) is 37.1 Å². The minimum atomic E-state index is -4.50. The molecule has 1 atom stereocenters. The number of carbonyl (C=O) groups is 2. The molecule has 3 aromatic rings. The highest BCUT2D eigenvalue weighted by atomic mass is 19.4. The number of alkyl halides is 3. The molecule has 3 rings (SSSR count). The molecule has 0 aliphatic carbocycles. The fourth-order valence-corrected chi connectivity index (χ4v) is 4.32. The van der Waals surface area contributed by atoms with Gasteiger partial charge < -0.3 is 45.9 Å². The monoisotopic (exact) mass is 679 g/mol. The molecule has 0 fully saturated rings. The number of ether oxygens (including phenoxy) is 2. The van der Waals surface area contributed by atoms with E-state index in [-0.39, 0.29) is 18.0 Å². The van der Waals surface area contributed by atoms with Crippen LogP contribution in [0.15, 0.2) is 66.7 Å².